The molecule has 1 rings (SSSR count). The van der Waals surface area contributed by atoms with Gasteiger partial charge in [-0.05, 0) is 26.0 Å². The van der Waals surface area contributed by atoms with Crippen molar-refractivity contribution in [3.05, 3.63) is 24.0 Å². The molecule has 5 nitrogen and oxygen atoms in total. The maximum Gasteiger partial charge on any atom is 0.267 e. The van der Waals surface area contributed by atoms with Crippen molar-refractivity contribution < 1.29 is 4.79 Å². The van der Waals surface area contributed by atoms with Crippen LogP contribution in [0.5, 0.6) is 0 Å². The van der Waals surface area contributed by atoms with E-state index in [1.165, 1.54) is 0 Å². The van der Waals surface area contributed by atoms with Crippen molar-refractivity contribution in [1.82, 2.24) is 4.98 Å². The van der Waals surface area contributed by atoms with E-state index in [0.717, 1.165) is 12.2 Å². The molecule has 4 N–H and O–H groups in total. The number of amides is 1. The minimum Gasteiger partial charge on any atom is -0.368 e. The van der Waals surface area contributed by atoms with Gasteiger partial charge in [-0.25, -0.2) is 0 Å². The molecule has 1 amide bonds. The first kappa shape index (κ1) is 12.4. The van der Waals surface area contributed by atoms with Crippen molar-refractivity contribution in [3.63, 3.8) is 0 Å². The average molecular weight is 222 g/mol. The number of pyridine rings is 1. The van der Waals surface area contributed by atoms with Crippen molar-refractivity contribution >= 4 is 11.6 Å². The summed E-state index contributed by atoms with van der Waals surface area (Å²) >= 11 is 0. The van der Waals surface area contributed by atoms with Crippen LogP contribution >= 0.6 is 0 Å². The molecule has 0 atom stereocenters. The smallest absolute Gasteiger partial charge is 0.267 e. The van der Waals surface area contributed by atoms with Crippen LogP contribution in [-0.4, -0.2) is 30.0 Å². The lowest BCUT2D eigenvalue weighted by molar-refractivity contribution is 0.0995. The van der Waals surface area contributed by atoms with E-state index in [1.54, 1.807) is 12.3 Å². The minimum absolute atomic E-state index is 0.278. The van der Waals surface area contributed by atoms with Gasteiger partial charge in [-0.15, -0.1) is 0 Å². The minimum atomic E-state index is -0.515. The summed E-state index contributed by atoms with van der Waals surface area (Å²) in [7, 11) is 0. The fraction of sp³-hybridized carbons (Fsp3) is 0.455. The Kier molecular flexibility index (Phi) is 4.25. The normalized spacial score (nSPS) is 10.5. The number of aromatic nitrogens is 1. The zero-order valence-corrected chi connectivity index (χ0v) is 9.68. The Bertz CT molecular complexity index is 365. The molecule has 0 aliphatic rings. The van der Waals surface area contributed by atoms with E-state index in [9.17, 15) is 4.79 Å². The van der Waals surface area contributed by atoms with Crippen molar-refractivity contribution in [2.75, 3.05) is 18.0 Å². The summed E-state index contributed by atoms with van der Waals surface area (Å²) < 4.78 is 0. The first-order chi connectivity index (χ1) is 7.56. The lowest BCUT2D eigenvalue weighted by Crippen LogP contribution is -2.35. The van der Waals surface area contributed by atoms with Gasteiger partial charge in [-0.3, -0.25) is 9.78 Å². The van der Waals surface area contributed by atoms with Gasteiger partial charge in [-0.2, -0.15) is 0 Å². The number of nitrogens with two attached hydrogens (primary N) is 2. The first-order valence-corrected chi connectivity index (χ1v) is 5.28. The Hall–Kier alpha value is -1.62. The largest absolute Gasteiger partial charge is 0.368 e. The van der Waals surface area contributed by atoms with E-state index in [4.69, 9.17) is 11.5 Å². The van der Waals surface area contributed by atoms with Gasteiger partial charge in [-0.1, -0.05) is 0 Å². The zero-order chi connectivity index (χ0) is 12.1. The molecule has 0 saturated carbocycles. The van der Waals surface area contributed by atoms with Gasteiger partial charge >= 0.3 is 0 Å². The molecule has 0 saturated heterocycles. The number of primary amides is 1. The molecule has 1 aromatic rings. The number of carbonyl (C=O) groups excluding carboxylic acids is 1. The molecular weight excluding hydrogens is 204 g/mol. The summed E-state index contributed by atoms with van der Waals surface area (Å²) in [5.74, 6) is -0.515. The summed E-state index contributed by atoms with van der Waals surface area (Å²) in [6, 6.07) is 3.85. The highest BCUT2D eigenvalue weighted by molar-refractivity contribution is 5.91. The zero-order valence-electron chi connectivity index (χ0n) is 9.68. The molecule has 1 heterocycles. The molecule has 0 radical (unpaired) electrons. The molecule has 16 heavy (non-hydrogen) atoms. The Morgan fingerprint density at radius 1 is 1.56 bits per heavy atom. The summed E-state index contributed by atoms with van der Waals surface area (Å²) in [5, 5.41) is 0. The van der Waals surface area contributed by atoms with Crippen molar-refractivity contribution in [3.8, 4) is 0 Å². The molecule has 88 valence electrons. The van der Waals surface area contributed by atoms with Crippen LogP contribution < -0.4 is 16.4 Å². The van der Waals surface area contributed by atoms with Crippen LogP contribution in [0.25, 0.3) is 0 Å². The lowest BCUT2D eigenvalue weighted by Gasteiger charge is -2.28. The van der Waals surface area contributed by atoms with Gasteiger partial charge in [0.2, 0.25) is 0 Å². The second-order valence-electron chi connectivity index (χ2n) is 3.84. The van der Waals surface area contributed by atoms with E-state index in [1.807, 2.05) is 6.07 Å². The van der Waals surface area contributed by atoms with Crippen LogP contribution in [0, 0.1) is 0 Å². The topological polar surface area (TPSA) is 85.2 Å². The quantitative estimate of drug-likeness (QED) is 0.753. The van der Waals surface area contributed by atoms with E-state index < -0.39 is 5.91 Å². The summed E-state index contributed by atoms with van der Waals surface area (Å²) in [6.45, 7) is 5.44. The highest BCUT2D eigenvalue weighted by Gasteiger charge is 2.11. The second-order valence-corrected chi connectivity index (χ2v) is 3.84. The average Bonchev–Trinajstić information content (AvgIpc) is 2.25. The summed E-state index contributed by atoms with van der Waals surface area (Å²) in [6.07, 6.45) is 1.58. The number of hydrogen-bond acceptors (Lipinski definition) is 4. The fourth-order valence-corrected chi connectivity index (χ4v) is 1.56. The number of anilines is 1. The number of nitrogens with zero attached hydrogens (tertiary/aromatic N) is 2. The second kappa shape index (κ2) is 5.46. The Balaban J connectivity index is 3.00. The predicted octanol–water partition coefficient (Wildman–Crippen LogP) is 0.354. The SMILES string of the molecule is CC(C)N(CCN)c1ccnc(C(N)=O)c1. The van der Waals surface area contributed by atoms with E-state index in [2.05, 4.69) is 23.7 Å². The fourth-order valence-electron chi connectivity index (χ4n) is 1.56. The van der Waals surface area contributed by atoms with Gasteiger partial charge in [0.15, 0.2) is 0 Å². The van der Waals surface area contributed by atoms with Crippen LogP contribution in [0.4, 0.5) is 5.69 Å². The standard InChI is InChI=1S/C11H18N4O/c1-8(2)15(6-4-12)9-3-5-14-10(7-9)11(13)16/h3,5,7-8H,4,6,12H2,1-2H3,(H2,13,16). The van der Waals surface area contributed by atoms with E-state index >= 15 is 0 Å². The molecule has 1 aromatic heterocycles. The lowest BCUT2D eigenvalue weighted by atomic mass is 10.2. The van der Waals surface area contributed by atoms with Crippen LogP contribution in [-0.2, 0) is 0 Å². The predicted molar refractivity (Wildman–Crippen MR) is 64.3 cm³/mol. The maximum atomic E-state index is 11.0. The van der Waals surface area contributed by atoms with Crippen molar-refractivity contribution in [2.24, 2.45) is 11.5 Å². The van der Waals surface area contributed by atoms with Crippen LogP contribution in [0.2, 0.25) is 0 Å². The third-order valence-electron chi connectivity index (χ3n) is 2.32. The van der Waals surface area contributed by atoms with Crippen molar-refractivity contribution in [1.29, 1.82) is 0 Å². The van der Waals surface area contributed by atoms with E-state index in [0.29, 0.717) is 12.6 Å². The number of rotatable bonds is 5. The summed E-state index contributed by atoms with van der Waals surface area (Å²) in [5.41, 5.74) is 11.9. The number of hydrogen-bond donors (Lipinski definition) is 2. The molecule has 0 aliphatic heterocycles. The van der Waals surface area contributed by atoms with Crippen LogP contribution in [0.15, 0.2) is 18.3 Å². The van der Waals surface area contributed by atoms with Crippen molar-refractivity contribution in [2.45, 2.75) is 19.9 Å². The van der Waals surface area contributed by atoms with Gasteiger partial charge in [0.05, 0.1) is 0 Å². The van der Waals surface area contributed by atoms with Gasteiger partial charge in [0.1, 0.15) is 5.69 Å². The highest BCUT2D eigenvalue weighted by atomic mass is 16.1. The van der Waals surface area contributed by atoms with Crippen LogP contribution in [0.3, 0.4) is 0 Å². The Labute approximate surface area is 95.4 Å². The molecule has 5 heteroatoms. The maximum absolute atomic E-state index is 11.0. The Morgan fingerprint density at radius 2 is 2.25 bits per heavy atom. The van der Waals surface area contributed by atoms with E-state index in [-0.39, 0.29) is 5.69 Å². The Morgan fingerprint density at radius 3 is 2.75 bits per heavy atom. The molecule has 0 aliphatic carbocycles. The van der Waals surface area contributed by atoms with Crippen LogP contribution in [0.1, 0.15) is 24.3 Å². The van der Waals surface area contributed by atoms with Gasteiger partial charge in [0, 0.05) is 31.0 Å². The molecular formula is C11H18N4O. The molecule has 0 bridgehead atoms. The highest BCUT2D eigenvalue weighted by Crippen LogP contribution is 2.16. The number of carbonyl (C=O) groups is 1. The molecule has 0 spiro atoms. The summed E-state index contributed by atoms with van der Waals surface area (Å²) in [4.78, 5) is 17.0. The monoisotopic (exact) mass is 222 g/mol. The third-order valence-corrected chi connectivity index (χ3v) is 2.32. The first-order valence-electron chi connectivity index (χ1n) is 5.28. The van der Waals surface area contributed by atoms with Gasteiger partial charge < -0.3 is 16.4 Å². The molecule has 0 aromatic carbocycles. The molecule has 0 unspecified atom stereocenters. The molecule has 0 fully saturated rings. The van der Waals surface area contributed by atoms with Gasteiger partial charge in [0.25, 0.3) is 5.91 Å². The third kappa shape index (κ3) is 2.93.